The number of carbonyl (C=O) groups is 1. The molecular weight excluding hydrogens is 282 g/mol. The van der Waals surface area contributed by atoms with Crippen molar-refractivity contribution in [3.8, 4) is 11.5 Å². The Morgan fingerprint density at radius 3 is 3.00 bits per heavy atom. The van der Waals surface area contributed by atoms with E-state index in [4.69, 9.17) is 16.7 Å². The number of pyridine rings is 1. The van der Waals surface area contributed by atoms with Crippen LogP contribution in [0.4, 0.5) is 0 Å². The largest absolute Gasteiger partial charge is 0.478 e. The average molecular weight is 292 g/mol. The monoisotopic (exact) mass is 291 g/mol. The van der Waals surface area contributed by atoms with Crippen LogP contribution in [0.25, 0.3) is 22.7 Å². The molecule has 0 aromatic carbocycles. The Hall–Kier alpha value is -2.41. The molecule has 0 spiro atoms. The number of H-pyrrole nitrogens is 1. The topological polar surface area (TPSA) is 96.7 Å². The molecule has 2 N–H and O–H groups in total. The van der Waals surface area contributed by atoms with Crippen LogP contribution < -0.4 is 0 Å². The smallest absolute Gasteiger partial charge is 0.338 e. The second-order valence-electron chi connectivity index (χ2n) is 4.13. The number of fused-ring (bicyclic) bond motifs is 1. The summed E-state index contributed by atoms with van der Waals surface area (Å²) >= 11 is 6.11. The van der Waals surface area contributed by atoms with Crippen molar-refractivity contribution >= 4 is 28.7 Å². The number of hydrogen-bond donors (Lipinski definition) is 2. The molecule has 0 amide bonds. The first-order valence-electron chi connectivity index (χ1n) is 5.91. The Kier molecular flexibility index (Phi) is 2.90. The molecule has 0 aliphatic carbocycles. The van der Waals surface area contributed by atoms with Crippen molar-refractivity contribution in [2.75, 3.05) is 0 Å². The van der Waals surface area contributed by atoms with E-state index in [-0.39, 0.29) is 5.56 Å². The normalized spacial score (nSPS) is 11.1. The first-order chi connectivity index (χ1) is 9.60. The van der Waals surface area contributed by atoms with Gasteiger partial charge in [-0.15, -0.1) is 0 Å². The van der Waals surface area contributed by atoms with Gasteiger partial charge in [-0.25, -0.2) is 14.8 Å². The Balaban J connectivity index is 2.20. The van der Waals surface area contributed by atoms with Gasteiger partial charge in [0.25, 0.3) is 0 Å². The van der Waals surface area contributed by atoms with E-state index in [1.165, 1.54) is 12.3 Å². The minimum absolute atomic E-state index is 0.111. The molecule has 0 atom stereocenters. The van der Waals surface area contributed by atoms with Crippen LogP contribution in [0.1, 0.15) is 17.3 Å². The minimum atomic E-state index is -1.04. The quantitative estimate of drug-likeness (QED) is 0.771. The van der Waals surface area contributed by atoms with Gasteiger partial charge in [0.05, 0.1) is 16.1 Å². The zero-order valence-electron chi connectivity index (χ0n) is 10.5. The number of aryl methyl sites for hydroxylation is 1. The second-order valence-corrected chi connectivity index (χ2v) is 4.54. The molecule has 0 radical (unpaired) electrons. The molecule has 7 nitrogen and oxygen atoms in total. The van der Waals surface area contributed by atoms with Gasteiger partial charge in [-0.1, -0.05) is 11.6 Å². The first kappa shape index (κ1) is 12.6. The van der Waals surface area contributed by atoms with Gasteiger partial charge in [0.15, 0.2) is 11.5 Å². The molecule has 102 valence electrons. The minimum Gasteiger partial charge on any atom is -0.478 e. The van der Waals surface area contributed by atoms with Crippen molar-refractivity contribution in [2.45, 2.75) is 13.5 Å². The maximum Gasteiger partial charge on any atom is 0.338 e. The zero-order valence-corrected chi connectivity index (χ0v) is 11.2. The molecule has 0 aliphatic rings. The molecule has 3 aromatic rings. The van der Waals surface area contributed by atoms with Gasteiger partial charge in [0.2, 0.25) is 0 Å². The Morgan fingerprint density at radius 2 is 2.35 bits per heavy atom. The number of nitrogens with zero attached hydrogens (tertiary/aromatic N) is 4. The highest BCUT2D eigenvalue weighted by Crippen LogP contribution is 2.26. The first-order valence-corrected chi connectivity index (χ1v) is 6.29. The molecule has 3 rings (SSSR count). The van der Waals surface area contributed by atoms with E-state index in [0.717, 1.165) is 0 Å². The number of rotatable bonds is 3. The number of carboxylic acid groups (broad SMARTS) is 1. The molecule has 3 heterocycles. The summed E-state index contributed by atoms with van der Waals surface area (Å²) in [5.74, 6) is -0.642. The van der Waals surface area contributed by atoms with Crippen molar-refractivity contribution in [2.24, 2.45) is 0 Å². The lowest BCUT2D eigenvalue weighted by molar-refractivity contribution is 0.0698. The van der Waals surface area contributed by atoms with Crippen molar-refractivity contribution in [1.82, 2.24) is 24.7 Å². The molecule has 0 saturated carbocycles. The van der Waals surface area contributed by atoms with Crippen LogP contribution in [0.5, 0.6) is 0 Å². The lowest BCUT2D eigenvalue weighted by atomic mass is 10.2. The summed E-state index contributed by atoms with van der Waals surface area (Å²) < 4.78 is 1.68. The van der Waals surface area contributed by atoms with Crippen LogP contribution in [0.2, 0.25) is 5.02 Å². The van der Waals surface area contributed by atoms with Crippen molar-refractivity contribution < 1.29 is 9.90 Å². The Morgan fingerprint density at radius 1 is 1.55 bits per heavy atom. The molecule has 8 heteroatoms. The number of aromatic carboxylic acids is 1. The second kappa shape index (κ2) is 4.61. The zero-order chi connectivity index (χ0) is 14.3. The number of aromatic nitrogens is 5. The van der Waals surface area contributed by atoms with E-state index in [2.05, 4.69) is 20.1 Å². The third-order valence-corrected chi connectivity index (χ3v) is 3.16. The highest BCUT2D eigenvalue weighted by atomic mass is 35.5. The summed E-state index contributed by atoms with van der Waals surface area (Å²) in [7, 11) is 0. The van der Waals surface area contributed by atoms with E-state index in [1.54, 1.807) is 10.9 Å². The van der Waals surface area contributed by atoms with Gasteiger partial charge in [0.1, 0.15) is 5.69 Å². The van der Waals surface area contributed by atoms with Crippen LogP contribution in [0.3, 0.4) is 0 Å². The number of nitrogens with one attached hydrogen (secondary N) is 1. The fourth-order valence-electron chi connectivity index (χ4n) is 1.92. The van der Waals surface area contributed by atoms with E-state index in [1.807, 2.05) is 6.92 Å². The van der Waals surface area contributed by atoms with E-state index >= 15 is 0 Å². The van der Waals surface area contributed by atoms with Crippen LogP contribution in [0.15, 0.2) is 18.5 Å². The summed E-state index contributed by atoms with van der Waals surface area (Å²) in [5, 5.41) is 13.9. The van der Waals surface area contributed by atoms with Gasteiger partial charge in [-0.05, 0) is 13.0 Å². The van der Waals surface area contributed by atoms with Crippen LogP contribution in [0, 0.1) is 0 Å². The van der Waals surface area contributed by atoms with Crippen LogP contribution in [-0.4, -0.2) is 35.8 Å². The Bertz CT molecular complexity index is 807. The molecule has 0 fully saturated rings. The molecule has 0 aliphatic heterocycles. The van der Waals surface area contributed by atoms with Crippen molar-refractivity contribution in [3.63, 3.8) is 0 Å². The third kappa shape index (κ3) is 1.92. The van der Waals surface area contributed by atoms with E-state index < -0.39 is 5.97 Å². The fourth-order valence-corrected chi connectivity index (χ4v) is 2.16. The predicted octanol–water partition coefficient (Wildman–Crippen LogP) is 2.19. The van der Waals surface area contributed by atoms with Crippen LogP contribution >= 0.6 is 11.6 Å². The maximum absolute atomic E-state index is 11.2. The lowest BCUT2D eigenvalue weighted by Gasteiger charge is -1.94. The van der Waals surface area contributed by atoms with Crippen LogP contribution in [-0.2, 0) is 6.54 Å². The summed E-state index contributed by atoms with van der Waals surface area (Å²) in [6.45, 7) is 2.62. The number of hydrogen-bond acceptors (Lipinski definition) is 4. The third-order valence-electron chi connectivity index (χ3n) is 2.89. The van der Waals surface area contributed by atoms with Gasteiger partial charge in [0, 0.05) is 18.9 Å². The van der Waals surface area contributed by atoms with Gasteiger partial charge in [-0.3, -0.25) is 4.68 Å². The molecule has 20 heavy (non-hydrogen) atoms. The van der Waals surface area contributed by atoms with Gasteiger partial charge < -0.3 is 10.1 Å². The summed E-state index contributed by atoms with van der Waals surface area (Å²) in [5.41, 5.74) is 1.27. The number of aromatic amines is 1. The van der Waals surface area contributed by atoms with Crippen molar-refractivity contribution in [3.05, 3.63) is 29.0 Å². The highest BCUT2D eigenvalue weighted by Gasteiger charge is 2.17. The van der Waals surface area contributed by atoms with E-state index in [9.17, 15) is 4.79 Å². The maximum atomic E-state index is 11.2. The highest BCUT2D eigenvalue weighted by molar-refractivity contribution is 6.32. The van der Waals surface area contributed by atoms with Crippen molar-refractivity contribution in [1.29, 1.82) is 0 Å². The van der Waals surface area contributed by atoms with Gasteiger partial charge in [-0.2, -0.15) is 5.10 Å². The molecule has 3 aromatic heterocycles. The SMILES string of the molecule is CCn1cc(Cl)c(-c2nc3nccc(C(=O)O)c3[nH]2)n1. The fraction of sp³-hybridized carbons (Fsp3) is 0.167. The van der Waals surface area contributed by atoms with Gasteiger partial charge >= 0.3 is 5.97 Å². The number of halogens is 1. The standard InChI is InChI=1S/C12H10ClN5O2/c1-2-18-5-7(13)9(17-18)11-15-8-6(12(19)20)3-4-14-10(8)16-11/h3-5H,2H2,1H3,(H,19,20)(H,14,15,16). The lowest BCUT2D eigenvalue weighted by Crippen LogP contribution is -1.97. The summed E-state index contributed by atoms with van der Waals surface area (Å²) in [6, 6.07) is 1.42. The average Bonchev–Trinajstić information content (AvgIpc) is 3.00. The Labute approximate surface area is 118 Å². The molecule has 0 saturated heterocycles. The molecule has 0 bridgehead atoms. The van der Waals surface area contributed by atoms with E-state index in [0.29, 0.717) is 34.2 Å². The number of imidazole rings is 1. The molecule has 0 unspecified atom stereocenters. The predicted molar refractivity (Wildman–Crippen MR) is 72.8 cm³/mol. The summed E-state index contributed by atoms with van der Waals surface area (Å²) in [4.78, 5) is 22.4. The number of carboxylic acids is 1. The summed E-state index contributed by atoms with van der Waals surface area (Å²) in [6.07, 6.45) is 3.10. The molecular formula is C12H10ClN5O2.